The van der Waals surface area contributed by atoms with Gasteiger partial charge in [0.1, 0.15) is 0 Å². The summed E-state index contributed by atoms with van der Waals surface area (Å²) < 4.78 is 0. The molecule has 2 aliphatic rings. The SMILES string of the molecule is CC(C)(C)CC1CCc2ccc3c(c21)CCC3. The number of benzene rings is 1. The van der Waals surface area contributed by atoms with Crippen LogP contribution in [-0.2, 0) is 19.3 Å². The molecular formula is C17H24. The monoisotopic (exact) mass is 228 g/mol. The maximum absolute atomic E-state index is 2.42. The van der Waals surface area contributed by atoms with Gasteiger partial charge in [-0.2, -0.15) is 0 Å². The molecule has 0 heteroatoms. The second-order valence-corrected chi connectivity index (χ2v) is 7.13. The maximum atomic E-state index is 2.42. The van der Waals surface area contributed by atoms with Crippen LogP contribution in [0.2, 0.25) is 0 Å². The van der Waals surface area contributed by atoms with Gasteiger partial charge < -0.3 is 0 Å². The van der Waals surface area contributed by atoms with E-state index in [0.29, 0.717) is 5.41 Å². The molecule has 2 aliphatic carbocycles. The van der Waals surface area contributed by atoms with Crippen molar-refractivity contribution in [2.45, 2.75) is 65.2 Å². The Kier molecular flexibility index (Phi) is 2.57. The van der Waals surface area contributed by atoms with Crippen LogP contribution in [0.5, 0.6) is 0 Å². The molecule has 0 fully saturated rings. The molecule has 0 N–H and O–H groups in total. The van der Waals surface area contributed by atoms with E-state index in [1.165, 1.54) is 38.5 Å². The van der Waals surface area contributed by atoms with Gasteiger partial charge in [0.25, 0.3) is 0 Å². The number of fused-ring (bicyclic) bond motifs is 3. The van der Waals surface area contributed by atoms with E-state index in [2.05, 4.69) is 32.9 Å². The van der Waals surface area contributed by atoms with Crippen molar-refractivity contribution >= 4 is 0 Å². The highest BCUT2D eigenvalue weighted by molar-refractivity contribution is 5.48. The van der Waals surface area contributed by atoms with Crippen LogP contribution in [0.15, 0.2) is 12.1 Å². The Morgan fingerprint density at radius 1 is 1.06 bits per heavy atom. The second-order valence-electron chi connectivity index (χ2n) is 7.13. The average molecular weight is 228 g/mol. The minimum Gasteiger partial charge on any atom is -0.0602 e. The van der Waals surface area contributed by atoms with E-state index in [1.54, 1.807) is 22.3 Å². The largest absolute Gasteiger partial charge is 0.0602 e. The summed E-state index contributed by atoms with van der Waals surface area (Å²) >= 11 is 0. The van der Waals surface area contributed by atoms with E-state index < -0.39 is 0 Å². The fraction of sp³-hybridized carbons (Fsp3) is 0.647. The quantitative estimate of drug-likeness (QED) is 0.657. The van der Waals surface area contributed by atoms with Crippen molar-refractivity contribution in [1.29, 1.82) is 0 Å². The zero-order valence-corrected chi connectivity index (χ0v) is 11.5. The molecule has 17 heavy (non-hydrogen) atoms. The summed E-state index contributed by atoms with van der Waals surface area (Å²) in [6.07, 6.45) is 8.13. The van der Waals surface area contributed by atoms with Gasteiger partial charge in [-0.1, -0.05) is 32.9 Å². The van der Waals surface area contributed by atoms with Crippen molar-refractivity contribution in [3.63, 3.8) is 0 Å². The molecule has 0 radical (unpaired) electrons. The van der Waals surface area contributed by atoms with E-state index in [1.807, 2.05) is 0 Å². The topological polar surface area (TPSA) is 0 Å². The molecular weight excluding hydrogens is 204 g/mol. The molecule has 1 aromatic rings. The Balaban J connectivity index is 1.98. The minimum atomic E-state index is 0.466. The standard InChI is InChI=1S/C17H24/c1-17(2,3)11-14-10-9-13-8-7-12-5-4-6-15(12)16(13)14/h7-8,14H,4-6,9-11H2,1-3H3. The predicted molar refractivity (Wildman–Crippen MR) is 73.6 cm³/mol. The lowest BCUT2D eigenvalue weighted by molar-refractivity contribution is 0.338. The molecule has 0 saturated heterocycles. The first-order chi connectivity index (χ1) is 8.04. The van der Waals surface area contributed by atoms with E-state index in [-0.39, 0.29) is 0 Å². The van der Waals surface area contributed by atoms with Crippen LogP contribution < -0.4 is 0 Å². The molecule has 0 aromatic heterocycles. The van der Waals surface area contributed by atoms with Gasteiger partial charge in [-0.25, -0.2) is 0 Å². The van der Waals surface area contributed by atoms with Gasteiger partial charge in [0.15, 0.2) is 0 Å². The second kappa shape index (κ2) is 3.86. The van der Waals surface area contributed by atoms with Crippen LogP contribution in [0.4, 0.5) is 0 Å². The highest BCUT2D eigenvalue weighted by Crippen LogP contribution is 2.44. The Bertz CT molecular complexity index is 434. The average Bonchev–Trinajstić information content (AvgIpc) is 2.80. The van der Waals surface area contributed by atoms with Gasteiger partial charge in [-0.15, -0.1) is 0 Å². The van der Waals surface area contributed by atoms with Crippen molar-refractivity contribution in [3.05, 3.63) is 34.4 Å². The first-order valence-electron chi connectivity index (χ1n) is 7.18. The van der Waals surface area contributed by atoms with Crippen LogP contribution >= 0.6 is 0 Å². The molecule has 3 rings (SSSR count). The van der Waals surface area contributed by atoms with Gasteiger partial charge in [0.2, 0.25) is 0 Å². The third-order valence-electron chi connectivity index (χ3n) is 4.45. The summed E-state index contributed by atoms with van der Waals surface area (Å²) in [7, 11) is 0. The first-order valence-corrected chi connectivity index (χ1v) is 7.18. The predicted octanol–water partition coefficient (Wildman–Crippen LogP) is 4.64. The minimum absolute atomic E-state index is 0.466. The van der Waals surface area contributed by atoms with Gasteiger partial charge in [-0.05, 0) is 72.1 Å². The molecule has 0 amide bonds. The summed E-state index contributed by atoms with van der Waals surface area (Å²) in [6, 6.07) is 4.82. The molecule has 1 unspecified atom stereocenters. The number of aryl methyl sites for hydroxylation is 2. The van der Waals surface area contributed by atoms with Gasteiger partial charge in [0.05, 0.1) is 0 Å². The lowest BCUT2D eigenvalue weighted by Crippen LogP contribution is -2.11. The molecule has 1 atom stereocenters. The maximum Gasteiger partial charge on any atom is -0.0148 e. The third kappa shape index (κ3) is 2.03. The zero-order valence-electron chi connectivity index (χ0n) is 11.5. The summed E-state index contributed by atoms with van der Waals surface area (Å²) in [5, 5.41) is 0. The van der Waals surface area contributed by atoms with Gasteiger partial charge in [0, 0.05) is 0 Å². The molecule has 0 aliphatic heterocycles. The Morgan fingerprint density at radius 3 is 2.59 bits per heavy atom. The summed E-state index contributed by atoms with van der Waals surface area (Å²) in [6.45, 7) is 7.15. The van der Waals surface area contributed by atoms with E-state index in [9.17, 15) is 0 Å². The lowest BCUT2D eigenvalue weighted by Gasteiger charge is -2.25. The molecule has 0 spiro atoms. The number of rotatable bonds is 1. The van der Waals surface area contributed by atoms with Crippen molar-refractivity contribution in [3.8, 4) is 0 Å². The highest BCUT2D eigenvalue weighted by atomic mass is 14.4. The fourth-order valence-electron chi connectivity index (χ4n) is 3.89. The number of hydrogen-bond acceptors (Lipinski definition) is 0. The van der Waals surface area contributed by atoms with Gasteiger partial charge >= 0.3 is 0 Å². The molecule has 0 saturated carbocycles. The summed E-state index contributed by atoms with van der Waals surface area (Å²) in [5.41, 5.74) is 7.31. The van der Waals surface area contributed by atoms with Crippen LogP contribution in [0, 0.1) is 5.41 Å². The summed E-state index contributed by atoms with van der Waals surface area (Å²) in [5.74, 6) is 0.845. The zero-order chi connectivity index (χ0) is 12.0. The number of hydrogen-bond donors (Lipinski definition) is 0. The summed E-state index contributed by atoms with van der Waals surface area (Å²) in [4.78, 5) is 0. The lowest BCUT2D eigenvalue weighted by atomic mass is 9.80. The Morgan fingerprint density at radius 2 is 1.82 bits per heavy atom. The first kappa shape index (κ1) is 11.3. The molecule has 92 valence electrons. The van der Waals surface area contributed by atoms with Crippen LogP contribution in [0.1, 0.15) is 68.2 Å². The van der Waals surface area contributed by atoms with E-state index in [0.717, 1.165) is 5.92 Å². The van der Waals surface area contributed by atoms with Crippen LogP contribution in [-0.4, -0.2) is 0 Å². The molecule has 1 aromatic carbocycles. The van der Waals surface area contributed by atoms with Crippen LogP contribution in [0.3, 0.4) is 0 Å². The Labute approximate surface area is 105 Å². The molecule has 0 nitrogen and oxygen atoms in total. The third-order valence-corrected chi connectivity index (χ3v) is 4.45. The van der Waals surface area contributed by atoms with E-state index >= 15 is 0 Å². The highest BCUT2D eigenvalue weighted by Gasteiger charge is 2.30. The molecule has 0 bridgehead atoms. The van der Waals surface area contributed by atoms with E-state index in [4.69, 9.17) is 0 Å². The molecule has 0 heterocycles. The Hall–Kier alpha value is -0.780. The van der Waals surface area contributed by atoms with Crippen molar-refractivity contribution in [2.24, 2.45) is 5.41 Å². The van der Waals surface area contributed by atoms with Crippen LogP contribution in [0.25, 0.3) is 0 Å². The van der Waals surface area contributed by atoms with Crippen molar-refractivity contribution < 1.29 is 0 Å². The smallest absolute Gasteiger partial charge is 0.0148 e. The van der Waals surface area contributed by atoms with Crippen molar-refractivity contribution in [1.82, 2.24) is 0 Å². The fourth-order valence-corrected chi connectivity index (χ4v) is 3.89. The van der Waals surface area contributed by atoms with Gasteiger partial charge in [-0.3, -0.25) is 0 Å². The normalized spacial score (nSPS) is 22.6. The van der Waals surface area contributed by atoms with Crippen molar-refractivity contribution in [2.75, 3.05) is 0 Å².